The van der Waals surface area contributed by atoms with E-state index in [0.29, 0.717) is 13.2 Å². The Balaban J connectivity index is 1.75. The highest BCUT2D eigenvalue weighted by atomic mass is 32.1. The first kappa shape index (κ1) is 12.7. The van der Waals surface area contributed by atoms with Crippen molar-refractivity contribution in [3.63, 3.8) is 0 Å². The topological polar surface area (TPSA) is 52.4 Å². The van der Waals surface area contributed by atoms with Crippen LogP contribution in [-0.2, 0) is 17.8 Å². The predicted octanol–water partition coefficient (Wildman–Crippen LogP) is 3.42. The molecule has 4 nitrogen and oxygen atoms in total. The lowest BCUT2D eigenvalue weighted by molar-refractivity contribution is -0.384. The summed E-state index contributed by atoms with van der Waals surface area (Å²) in [6.07, 6.45) is 0.899. The Morgan fingerprint density at radius 3 is 2.56 bits per heavy atom. The van der Waals surface area contributed by atoms with Gasteiger partial charge >= 0.3 is 0 Å². The molecule has 0 N–H and O–H groups in total. The molecule has 0 radical (unpaired) electrons. The van der Waals surface area contributed by atoms with Crippen LogP contribution in [0.2, 0.25) is 0 Å². The van der Waals surface area contributed by atoms with Crippen molar-refractivity contribution in [2.45, 2.75) is 13.0 Å². The Hall–Kier alpha value is -1.72. The summed E-state index contributed by atoms with van der Waals surface area (Å²) < 4.78 is 5.53. The SMILES string of the molecule is O=[N+]([O-])c1ccc(COCCc2ccsc2)cc1. The van der Waals surface area contributed by atoms with Gasteiger partial charge in [-0.25, -0.2) is 0 Å². The van der Waals surface area contributed by atoms with Gasteiger partial charge < -0.3 is 4.74 Å². The first-order valence-electron chi connectivity index (χ1n) is 5.58. The molecule has 0 saturated carbocycles. The maximum atomic E-state index is 10.5. The van der Waals surface area contributed by atoms with E-state index in [9.17, 15) is 10.1 Å². The largest absolute Gasteiger partial charge is 0.376 e. The second-order valence-electron chi connectivity index (χ2n) is 3.86. The monoisotopic (exact) mass is 263 g/mol. The summed E-state index contributed by atoms with van der Waals surface area (Å²) in [4.78, 5) is 10.1. The van der Waals surface area contributed by atoms with Gasteiger partial charge in [-0.15, -0.1) is 0 Å². The molecule has 0 aliphatic heterocycles. The summed E-state index contributed by atoms with van der Waals surface area (Å²) >= 11 is 1.68. The Morgan fingerprint density at radius 2 is 1.94 bits per heavy atom. The number of thiophene rings is 1. The number of benzene rings is 1. The van der Waals surface area contributed by atoms with E-state index in [1.807, 2.05) is 5.38 Å². The highest BCUT2D eigenvalue weighted by molar-refractivity contribution is 7.07. The molecule has 0 spiro atoms. The molecular formula is C13H13NO3S. The predicted molar refractivity (Wildman–Crippen MR) is 70.8 cm³/mol. The van der Waals surface area contributed by atoms with Crippen molar-refractivity contribution in [3.8, 4) is 0 Å². The minimum Gasteiger partial charge on any atom is -0.376 e. The second-order valence-corrected chi connectivity index (χ2v) is 4.64. The van der Waals surface area contributed by atoms with Crippen LogP contribution in [0.3, 0.4) is 0 Å². The van der Waals surface area contributed by atoms with Crippen LogP contribution in [0.4, 0.5) is 5.69 Å². The molecule has 0 atom stereocenters. The van der Waals surface area contributed by atoms with Crippen LogP contribution in [0.15, 0.2) is 41.1 Å². The van der Waals surface area contributed by atoms with E-state index in [2.05, 4.69) is 11.4 Å². The van der Waals surface area contributed by atoms with E-state index in [4.69, 9.17) is 4.74 Å². The molecule has 94 valence electrons. The van der Waals surface area contributed by atoms with E-state index in [1.54, 1.807) is 23.5 Å². The fourth-order valence-corrected chi connectivity index (χ4v) is 2.23. The third kappa shape index (κ3) is 3.65. The average Bonchev–Trinajstić information content (AvgIpc) is 2.88. The number of non-ortho nitro benzene ring substituents is 1. The Labute approximate surface area is 109 Å². The Kier molecular flexibility index (Phi) is 4.44. The maximum absolute atomic E-state index is 10.5. The number of nitrogens with zero attached hydrogens (tertiary/aromatic N) is 1. The van der Waals surface area contributed by atoms with E-state index in [1.165, 1.54) is 17.7 Å². The van der Waals surface area contributed by atoms with Gasteiger partial charge in [0.1, 0.15) is 0 Å². The van der Waals surface area contributed by atoms with Gasteiger partial charge in [-0.3, -0.25) is 10.1 Å². The average molecular weight is 263 g/mol. The van der Waals surface area contributed by atoms with Gasteiger partial charge in [0.05, 0.1) is 18.1 Å². The van der Waals surface area contributed by atoms with Gasteiger partial charge in [-0.05, 0) is 46.5 Å². The normalized spacial score (nSPS) is 10.4. The number of hydrogen-bond acceptors (Lipinski definition) is 4. The number of nitro groups is 1. The first-order valence-corrected chi connectivity index (χ1v) is 6.52. The lowest BCUT2D eigenvalue weighted by atomic mass is 10.2. The highest BCUT2D eigenvalue weighted by Crippen LogP contribution is 2.13. The van der Waals surface area contributed by atoms with E-state index >= 15 is 0 Å². The Morgan fingerprint density at radius 1 is 1.17 bits per heavy atom. The maximum Gasteiger partial charge on any atom is 0.269 e. The van der Waals surface area contributed by atoms with Gasteiger partial charge in [-0.2, -0.15) is 11.3 Å². The quantitative estimate of drug-likeness (QED) is 0.456. The van der Waals surface area contributed by atoms with Crippen LogP contribution in [0, 0.1) is 10.1 Å². The smallest absolute Gasteiger partial charge is 0.269 e. The molecule has 0 aliphatic rings. The van der Waals surface area contributed by atoms with Crippen molar-refractivity contribution in [1.29, 1.82) is 0 Å². The molecule has 5 heteroatoms. The van der Waals surface area contributed by atoms with Crippen LogP contribution < -0.4 is 0 Å². The zero-order valence-electron chi connectivity index (χ0n) is 9.74. The van der Waals surface area contributed by atoms with E-state index in [-0.39, 0.29) is 5.69 Å². The molecule has 18 heavy (non-hydrogen) atoms. The summed E-state index contributed by atoms with van der Waals surface area (Å²) in [6.45, 7) is 1.15. The molecule has 2 rings (SSSR count). The molecule has 0 amide bonds. The molecular weight excluding hydrogens is 250 g/mol. The van der Waals surface area contributed by atoms with Crippen molar-refractivity contribution >= 4 is 17.0 Å². The van der Waals surface area contributed by atoms with Gasteiger partial charge in [-0.1, -0.05) is 0 Å². The molecule has 0 saturated heterocycles. The Bertz CT molecular complexity index is 493. The summed E-state index contributed by atoms with van der Waals surface area (Å²) in [5, 5.41) is 14.6. The summed E-state index contributed by atoms with van der Waals surface area (Å²) in [6, 6.07) is 8.53. The molecule has 0 fully saturated rings. The summed E-state index contributed by atoms with van der Waals surface area (Å²) in [5.41, 5.74) is 2.34. The molecule has 1 aromatic heterocycles. The number of hydrogen-bond donors (Lipinski definition) is 0. The van der Waals surface area contributed by atoms with Crippen molar-refractivity contribution < 1.29 is 9.66 Å². The standard InChI is InChI=1S/C13H13NO3S/c15-14(16)13-3-1-11(2-4-13)9-17-7-5-12-6-8-18-10-12/h1-4,6,8,10H,5,7,9H2. The number of nitro benzene ring substituents is 1. The third-order valence-electron chi connectivity index (χ3n) is 2.53. The van der Waals surface area contributed by atoms with Crippen LogP contribution >= 0.6 is 11.3 Å². The van der Waals surface area contributed by atoms with Crippen LogP contribution in [0.5, 0.6) is 0 Å². The zero-order valence-corrected chi connectivity index (χ0v) is 10.6. The van der Waals surface area contributed by atoms with Crippen LogP contribution in [0.1, 0.15) is 11.1 Å². The van der Waals surface area contributed by atoms with Crippen molar-refractivity contribution in [1.82, 2.24) is 0 Å². The first-order chi connectivity index (χ1) is 8.75. The van der Waals surface area contributed by atoms with Gasteiger partial charge in [0.2, 0.25) is 0 Å². The lowest BCUT2D eigenvalue weighted by Crippen LogP contribution is -1.98. The summed E-state index contributed by atoms with van der Waals surface area (Å²) in [7, 11) is 0. The number of ether oxygens (including phenoxy) is 1. The lowest BCUT2D eigenvalue weighted by Gasteiger charge is -2.03. The molecule has 0 unspecified atom stereocenters. The van der Waals surface area contributed by atoms with E-state index < -0.39 is 4.92 Å². The fourth-order valence-electron chi connectivity index (χ4n) is 1.53. The van der Waals surface area contributed by atoms with Gasteiger partial charge in [0.15, 0.2) is 0 Å². The molecule has 1 heterocycles. The van der Waals surface area contributed by atoms with Crippen LogP contribution in [-0.4, -0.2) is 11.5 Å². The van der Waals surface area contributed by atoms with Crippen molar-refractivity contribution in [2.75, 3.05) is 6.61 Å². The van der Waals surface area contributed by atoms with Crippen molar-refractivity contribution in [2.24, 2.45) is 0 Å². The van der Waals surface area contributed by atoms with Gasteiger partial charge in [0.25, 0.3) is 5.69 Å². The minimum absolute atomic E-state index is 0.108. The second kappa shape index (κ2) is 6.28. The third-order valence-corrected chi connectivity index (χ3v) is 3.26. The molecule has 2 aromatic rings. The van der Waals surface area contributed by atoms with Crippen molar-refractivity contribution in [3.05, 3.63) is 62.3 Å². The minimum atomic E-state index is -0.402. The molecule has 0 aliphatic carbocycles. The van der Waals surface area contributed by atoms with Crippen LogP contribution in [0.25, 0.3) is 0 Å². The van der Waals surface area contributed by atoms with E-state index in [0.717, 1.165) is 12.0 Å². The zero-order chi connectivity index (χ0) is 12.8. The van der Waals surface area contributed by atoms with Gasteiger partial charge in [0, 0.05) is 12.1 Å². The highest BCUT2D eigenvalue weighted by Gasteiger charge is 2.03. The fraction of sp³-hybridized carbons (Fsp3) is 0.231. The number of rotatable bonds is 6. The summed E-state index contributed by atoms with van der Waals surface area (Å²) in [5.74, 6) is 0. The molecule has 0 bridgehead atoms. The molecule has 1 aromatic carbocycles.